The Bertz CT molecular complexity index is 662. The Morgan fingerprint density at radius 3 is 2.74 bits per heavy atom. The number of ether oxygens (including phenoxy) is 1. The lowest BCUT2D eigenvalue weighted by molar-refractivity contribution is -0.139. The van der Waals surface area contributed by atoms with Crippen molar-refractivity contribution in [3.63, 3.8) is 0 Å². The number of nitrogens with zero attached hydrogens (tertiary/aromatic N) is 3. The number of carbonyl (C=O) groups is 1. The molecule has 0 atom stereocenters. The SMILES string of the molecule is CN(Cc1cnn(-c2ccccc2)c1)C(=O)C1(N)CCOCC1. The Labute approximate surface area is 135 Å². The summed E-state index contributed by atoms with van der Waals surface area (Å²) in [7, 11) is 1.78. The van der Waals surface area contributed by atoms with Gasteiger partial charge in [-0.3, -0.25) is 4.79 Å². The average molecular weight is 314 g/mol. The van der Waals surface area contributed by atoms with Crippen molar-refractivity contribution < 1.29 is 9.53 Å². The Morgan fingerprint density at radius 2 is 2.04 bits per heavy atom. The molecule has 23 heavy (non-hydrogen) atoms. The van der Waals surface area contributed by atoms with Crippen LogP contribution in [0.1, 0.15) is 18.4 Å². The summed E-state index contributed by atoms with van der Waals surface area (Å²) >= 11 is 0. The minimum atomic E-state index is -0.803. The van der Waals surface area contributed by atoms with Gasteiger partial charge in [-0.05, 0) is 25.0 Å². The molecule has 122 valence electrons. The molecular weight excluding hydrogens is 292 g/mol. The van der Waals surface area contributed by atoms with Gasteiger partial charge in [0.05, 0.1) is 17.4 Å². The summed E-state index contributed by atoms with van der Waals surface area (Å²) in [5, 5.41) is 4.36. The first-order valence-corrected chi connectivity index (χ1v) is 7.80. The topological polar surface area (TPSA) is 73.4 Å². The van der Waals surface area contributed by atoms with Gasteiger partial charge in [0.2, 0.25) is 5.91 Å². The van der Waals surface area contributed by atoms with E-state index in [0.29, 0.717) is 32.6 Å². The van der Waals surface area contributed by atoms with E-state index in [0.717, 1.165) is 11.3 Å². The summed E-state index contributed by atoms with van der Waals surface area (Å²) in [4.78, 5) is 14.3. The predicted molar refractivity (Wildman–Crippen MR) is 87.0 cm³/mol. The molecule has 0 spiro atoms. The van der Waals surface area contributed by atoms with Crippen LogP contribution in [0.3, 0.4) is 0 Å². The van der Waals surface area contributed by atoms with Gasteiger partial charge >= 0.3 is 0 Å². The zero-order valence-electron chi connectivity index (χ0n) is 13.3. The third kappa shape index (κ3) is 3.43. The van der Waals surface area contributed by atoms with E-state index < -0.39 is 5.54 Å². The summed E-state index contributed by atoms with van der Waals surface area (Å²) in [5.41, 5.74) is 7.42. The fraction of sp³-hybridized carbons (Fsp3) is 0.412. The molecule has 0 bridgehead atoms. The fourth-order valence-corrected chi connectivity index (χ4v) is 2.84. The molecule has 1 aliphatic heterocycles. The molecule has 6 heteroatoms. The fourth-order valence-electron chi connectivity index (χ4n) is 2.84. The van der Waals surface area contributed by atoms with Crippen molar-refractivity contribution in [1.29, 1.82) is 0 Å². The number of nitrogens with two attached hydrogens (primary N) is 1. The van der Waals surface area contributed by atoms with E-state index in [9.17, 15) is 4.79 Å². The molecule has 2 aromatic rings. The zero-order chi connectivity index (χ0) is 16.3. The van der Waals surface area contributed by atoms with Gasteiger partial charge in [0, 0.05) is 38.6 Å². The van der Waals surface area contributed by atoms with Crippen LogP contribution in [-0.4, -0.2) is 46.4 Å². The van der Waals surface area contributed by atoms with Crippen LogP contribution in [0.5, 0.6) is 0 Å². The Balaban J connectivity index is 1.67. The summed E-state index contributed by atoms with van der Waals surface area (Å²) in [6, 6.07) is 9.88. The van der Waals surface area contributed by atoms with Gasteiger partial charge in [0.15, 0.2) is 0 Å². The molecule has 1 aliphatic rings. The predicted octanol–water partition coefficient (Wildman–Crippen LogP) is 1.34. The van der Waals surface area contributed by atoms with Gasteiger partial charge in [-0.25, -0.2) is 4.68 Å². The zero-order valence-corrected chi connectivity index (χ0v) is 13.3. The lowest BCUT2D eigenvalue weighted by Crippen LogP contribution is -2.57. The van der Waals surface area contributed by atoms with Gasteiger partial charge in [-0.15, -0.1) is 0 Å². The highest BCUT2D eigenvalue weighted by atomic mass is 16.5. The number of amides is 1. The molecule has 0 radical (unpaired) electrons. The van der Waals surface area contributed by atoms with E-state index in [1.165, 1.54) is 0 Å². The number of hydrogen-bond acceptors (Lipinski definition) is 4. The largest absolute Gasteiger partial charge is 0.381 e. The molecule has 0 saturated carbocycles. The van der Waals surface area contributed by atoms with E-state index in [2.05, 4.69) is 5.10 Å². The number of likely N-dealkylation sites (N-methyl/N-ethyl adjacent to an activating group) is 1. The first-order chi connectivity index (χ1) is 11.1. The van der Waals surface area contributed by atoms with E-state index in [1.54, 1.807) is 22.8 Å². The van der Waals surface area contributed by atoms with Crippen LogP contribution in [0.4, 0.5) is 0 Å². The monoisotopic (exact) mass is 314 g/mol. The average Bonchev–Trinajstić information content (AvgIpc) is 3.04. The molecule has 2 N–H and O–H groups in total. The number of rotatable bonds is 4. The summed E-state index contributed by atoms with van der Waals surface area (Å²) < 4.78 is 7.11. The van der Waals surface area contributed by atoms with Crippen molar-refractivity contribution >= 4 is 5.91 Å². The number of para-hydroxylation sites is 1. The van der Waals surface area contributed by atoms with Crippen LogP contribution >= 0.6 is 0 Å². The van der Waals surface area contributed by atoms with E-state index in [1.807, 2.05) is 36.5 Å². The quantitative estimate of drug-likeness (QED) is 0.924. The van der Waals surface area contributed by atoms with Crippen molar-refractivity contribution in [2.45, 2.75) is 24.9 Å². The molecule has 1 amide bonds. The number of aromatic nitrogens is 2. The lowest BCUT2D eigenvalue weighted by Gasteiger charge is -2.35. The summed E-state index contributed by atoms with van der Waals surface area (Å²) in [6.45, 7) is 1.58. The second kappa shape index (κ2) is 6.52. The molecule has 0 unspecified atom stereocenters. The van der Waals surface area contributed by atoms with Crippen molar-refractivity contribution in [2.75, 3.05) is 20.3 Å². The minimum Gasteiger partial charge on any atom is -0.381 e. The first kappa shape index (κ1) is 15.7. The molecule has 0 aliphatic carbocycles. The van der Waals surface area contributed by atoms with Crippen LogP contribution in [0, 0.1) is 0 Å². The maximum absolute atomic E-state index is 12.6. The van der Waals surface area contributed by atoms with E-state index >= 15 is 0 Å². The van der Waals surface area contributed by atoms with Gasteiger partial charge < -0.3 is 15.4 Å². The molecule has 3 rings (SSSR count). The van der Waals surface area contributed by atoms with Crippen LogP contribution in [0.2, 0.25) is 0 Å². The number of benzene rings is 1. The van der Waals surface area contributed by atoms with E-state index in [-0.39, 0.29) is 5.91 Å². The molecule has 1 aromatic heterocycles. The highest BCUT2D eigenvalue weighted by Gasteiger charge is 2.37. The maximum atomic E-state index is 12.6. The molecule has 1 fully saturated rings. The molecule has 2 heterocycles. The van der Waals surface area contributed by atoms with Gasteiger partial charge in [0.1, 0.15) is 0 Å². The normalized spacial score (nSPS) is 17.0. The van der Waals surface area contributed by atoms with Gasteiger partial charge in [-0.2, -0.15) is 5.10 Å². The molecular formula is C17H22N4O2. The third-order valence-electron chi connectivity index (χ3n) is 4.23. The van der Waals surface area contributed by atoms with Crippen LogP contribution < -0.4 is 5.73 Å². The first-order valence-electron chi connectivity index (χ1n) is 7.80. The lowest BCUT2D eigenvalue weighted by atomic mass is 9.90. The molecule has 6 nitrogen and oxygen atoms in total. The van der Waals surface area contributed by atoms with E-state index in [4.69, 9.17) is 10.5 Å². The van der Waals surface area contributed by atoms with Crippen LogP contribution in [0.15, 0.2) is 42.7 Å². The molecule has 1 aromatic carbocycles. The van der Waals surface area contributed by atoms with Crippen molar-refractivity contribution in [1.82, 2.24) is 14.7 Å². The van der Waals surface area contributed by atoms with Gasteiger partial charge in [0.25, 0.3) is 0 Å². The van der Waals surface area contributed by atoms with Crippen molar-refractivity contribution in [2.24, 2.45) is 5.73 Å². The second-order valence-electron chi connectivity index (χ2n) is 6.06. The number of hydrogen-bond donors (Lipinski definition) is 1. The van der Waals surface area contributed by atoms with Crippen LogP contribution in [0.25, 0.3) is 5.69 Å². The van der Waals surface area contributed by atoms with Gasteiger partial charge in [-0.1, -0.05) is 18.2 Å². The summed E-state index contributed by atoms with van der Waals surface area (Å²) in [6.07, 6.45) is 4.86. The van der Waals surface area contributed by atoms with Crippen molar-refractivity contribution in [3.05, 3.63) is 48.3 Å². The smallest absolute Gasteiger partial charge is 0.242 e. The Hall–Kier alpha value is -2.18. The highest BCUT2D eigenvalue weighted by molar-refractivity contribution is 5.86. The molecule has 1 saturated heterocycles. The van der Waals surface area contributed by atoms with Crippen molar-refractivity contribution in [3.8, 4) is 5.69 Å². The standard InChI is InChI=1S/C17H22N4O2/c1-20(16(22)17(18)7-9-23-10-8-17)12-14-11-19-21(13-14)15-5-3-2-4-6-15/h2-6,11,13H,7-10,12,18H2,1H3. The maximum Gasteiger partial charge on any atom is 0.242 e. The third-order valence-corrected chi connectivity index (χ3v) is 4.23. The summed E-state index contributed by atoms with van der Waals surface area (Å²) in [5.74, 6) is -0.0340. The Morgan fingerprint density at radius 1 is 1.35 bits per heavy atom. The highest BCUT2D eigenvalue weighted by Crippen LogP contribution is 2.21. The number of carbonyl (C=O) groups excluding carboxylic acids is 1. The second-order valence-corrected chi connectivity index (χ2v) is 6.06. The Kier molecular flexibility index (Phi) is 4.45. The minimum absolute atomic E-state index is 0.0340. The van der Waals surface area contributed by atoms with Crippen LogP contribution in [-0.2, 0) is 16.1 Å².